The van der Waals surface area contributed by atoms with Crippen molar-refractivity contribution >= 4 is 11.5 Å². The molecule has 0 saturated carbocycles. The molecule has 0 saturated heterocycles. The van der Waals surface area contributed by atoms with Gasteiger partial charge < -0.3 is 5.73 Å². The van der Waals surface area contributed by atoms with Crippen molar-refractivity contribution in [3.8, 4) is 0 Å². The van der Waals surface area contributed by atoms with E-state index in [0.717, 1.165) is 0 Å². The van der Waals surface area contributed by atoms with Crippen LogP contribution in [-0.4, -0.2) is 5.78 Å². The quantitative estimate of drug-likeness (QED) is 0.591. The van der Waals surface area contributed by atoms with E-state index in [2.05, 4.69) is 6.07 Å². The van der Waals surface area contributed by atoms with E-state index in [9.17, 15) is 4.79 Å². The summed E-state index contributed by atoms with van der Waals surface area (Å²) in [6.07, 6.45) is 0. The predicted octanol–water partition coefficient (Wildman–Crippen LogP) is 2.30. The highest BCUT2D eigenvalue weighted by Gasteiger charge is 2.07. The van der Waals surface area contributed by atoms with Crippen LogP contribution in [0.1, 0.15) is 15.9 Å². The maximum atomic E-state index is 11.9. The van der Waals surface area contributed by atoms with Crippen molar-refractivity contribution in [2.75, 3.05) is 5.73 Å². The fourth-order valence-electron chi connectivity index (χ4n) is 1.37. The van der Waals surface area contributed by atoms with Crippen molar-refractivity contribution < 1.29 is 4.79 Å². The van der Waals surface area contributed by atoms with Crippen LogP contribution in [0, 0.1) is 6.07 Å². The first-order chi connectivity index (χ1) is 7.27. The summed E-state index contributed by atoms with van der Waals surface area (Å²) in [4.78, 5) is 11.9. The third kappa shape index (κ3) is 2.05. The van der Waals surface area contributed by atoms with E-state index < -0.39 is 0 Å². The van der Waals surface area contributed by atoms with Gasteiger partial charge in [-0.3, -0.25) is 4.79 Å². The number of nitrogens with two attached hydrogens (primary N) is 1. The van der Waals surface area contributed by atoms with Crippen molar-refractivity contribution in [3.05, 3.63) is 65.7 Å². The molecule has 0 aliphatic rings. The lowest BCUT2D eigenvalue weighted by atomic mass is 10.0. The number of benzene rings is 2. The smallest absolute Gasteiger partial charge is 0.193 e. The van der Waals surface area contributed by atoms with Crippen molar-refractivity contribution in [2.45, 2.75) is 0 Å². The van der Waals surface area contributed by atoms with Crippen LogP contribution < -0.4 is 5.73 Å². The van der Waals surface area contributed by atoms with Crippen molar-refractivity contribution in [1.82, 2.24) is 0 Å². The van der Waals surface area contributed by atoms with Gasteiger partial charge in [0.05, 0.1) is 0 Å². The van der Waals surface area contributed by atoms with Crippen molar-refractivity contribution in [2.24, 2.45) is 0 Å². The van der Waals surface area contributed by atoms with Crippen molar-refractivity contribution in [3.63, 3.8) is 0 Å². The van der Waals surface area contributed by atoms with Gasteiger partial charge in [-0.15, -0.1) is 0 Å². The molecule has 2 N–H and O–H groups in total. The summed E-state index contributed by atoms with van der Waals surface area (Å²) in [5.74, 6) is -0.0529. The zero-order valence-corrected chi connectivity index (χ0v) is 8.10. The van der Waals surface area contributed by atoms with Crippen LogP contribution in [0.15, 0.2) is 48.5 Å². The number of anilines is 1. The minimum atomic E-state index is -0.0529. The molecule has 0 amide bonds. The van der Waals surface area contributed by atoms with Gasteiger partial charge in [0.2, 0.25) is 0 Å². The van der Waals surface area contributed by atoms with Crippen LogP contribution in [0.5, 0.6) is 0 Å². The molecule has 2 aromatic carbocycles. The zero-order chi connectivity index (χ0) is 10.7. The maximum Gasteiger partial charge on any atom is 0.193 e. The largest absolute Gasteiger partial charge is 0.399 e. The summed E-state index contributed by atoms with van der Waals surface area (Å²) in [7, 11) is 0. The van der Waals surface area contributed by atoms with Crippen LogP contribution in [-0.2, 0) is 0 Å². The number of nitrogen functional groups attached to an aromatic ring is 1. The molecule has 0 aliphatic carbocycles. The van der Waals surface area contributed by atoms with Gasteiger partial charge in [0.1, 0.15) is 0 Å². The highest BCUT2D eigenvalue weighted by atomic mass is 16.1. The summed E-state index contributed by atoms with van der Waals surface area (Å²) in [5, 5.41) is 0. The Kier molecular flexibility index (Phi) is 2.50. The molecule has 15 heavy (non-hydrogen) atoms. The molecule has 0 aromatic heterocycles. The Hall–Kier alpha value is -2.09. The van der Waals surface area contributed by atoms with Gasteiger partial charge in [-0.2, -0.15) is 0 Å². The normalized spacial score (nSPS) is 9.87. The second kappa shape index (κ2) is 3.96. The standard InChI is InChI=1S/C13H10NO/c14-12-8-4-7-11(9-12)13(15)10-5-2-1-3-6-10/h1-5,7-9H,14H2. The van der Waals surface area contributed by atoms with E-state index in [4.69, 9.17) is 5.73 Å². The molecule has 0 bridgehead atoms. The summed E-state index contributed by atoms with van der Waals surface area (Å²) in [6, 6.07) is 16.9. The van der Waals surface area contributed by atoms with Gasteiger partial charge in [0.15, 0.2) is 5.78 Å². The van der Waals surface area contributed by atoms with Crippen LogP contribution in [0.2, 0.25) is 0 Å². The molecule has 2 heteroatoms. The van der Waals surface area contributed by atoms with Crippen LogP contribution in [0.3, 0.4) is 0 Å². The molecule has 2 nitrogen and oxygen atoms in total. The molecule has 2 aromatic rings. The third-order valence-corrected chi connectivity index (χ3v) is 2.10. The molecule has 2 rings (SSSR count). The topological polar surface area (TPSA) is 43.1 Å². The highest BCUT2D eigenvalue weighted by Crippen LogP contribution is 2.11. The molecule has 0 aliphatic heterocycles. The van der Waals surface area contributed by atoms with Gasteiger partial charge >= 0.3 is 0 Å². The van der Waals surface area contributed by atoms with Gasteiger partial charge in [-0.25, -0.2) is 0 Å². The Morgan fingerprint density at radius 1 is 1.13 bits per heavy atom. The Balaban J connectivity index is 2.37. The molecule has 0 spiro atoms. The first-order valence-corrected chi connectivity index (χ1v) is 4.64. The van der Waals surface area contributed by atoms with Gasteiger partial charge in [0, 0.05) is 16.8 Å². The second-order valence-electron chi connectivity index (χ2n) is 3.23. The van der Waals surface area contributed by atoms with Gasteiger partial charge in [-0.05, 0) is 18.2 Å². The maximum absolute atomic E-state index is 11.9. The lowest BCUT2D eigenvalue weighted by Crippen LogP contribution is -2.01. The van der Waals surface area contributed by atoms with Gasteiger partial charge in [-0.1, -0.05) is 36.4 Å². The molecule has 0 fully saturated rings. The number of carbonyl (C=O) groups excluding carboxylic acids is 1. The SMILES string of the molecule is Nc1cccc(C(=O)c2[c]cccc2)c1. The Morgan fingerprint density at radius 3 is 2.67 bits per heavy atom. The summed E-state index contributed by atoms with van der Waals surface area (Å²) in [5.41, 5.74) is 7.36. The predicted molar refractivity (Wildman–Crippen MR) is 59.6 cm³/mol. The zero-order valence-electron chi connectivity index (χ0n) is 8.10. The van der Waals surface area contributed by atoms with E-state index in [-0.39, 0.29) is 5.78 Å². The molecule has 0 atom stereocenters. The van der Waals surface area contributed by atoms with E-state index in [1.54, 1.807) is 36.4 Å². The average Bonchev–Trinajstić information content (AvgIpc) is 2.29. The Morgan fingerprint density at radius 2 is 2.00 bits per heavy atom. The number of ketones is 1. The van der Waals surface area contributed by atoms with E-state index in [0.29, 0.717) is 16.8 Å². The number of carbonyl (C=O) groups is 1. The Labute approximate surface area is 88.4 Å². The molecular formula is C13H10NO. The summed E-state index contributed by atoms with van der Waals surface area (Å²) < 4.78 is 0. The highest BCUT2D eigenvalue weighted by molar-refractivity contribution is 6.09. The first-order valence-electron chi connectivity index (χ1n) is 4.64. The lowest BCUT2D eigenvalue weighted by molar-refractivity contribution is 0.103. The monoisotopic (exact) mass is 196 g/mol. The minimum Gasteiger partial charge on any atom is -0.399 e. The molecular weight excluding hydrogens is 186 g/mol. The van der Waals surface area contributed by atoms with Crippen LogP contribution >= 0.6 is 0 Å². The molecule has 73 valence electrons. The first kappa shape index (κ1) is 9.46. The number of hydrogen-bond acceptors (Lipinski definition) is 2. The van der Waals surface area contributed by atoms with E-state index >= 15 is 0 Å². The Bertz CT molecular complexity index is 477. The number of hydrogen-bond donors (Lipinski definition) is 1. The second-order valence-corrected chi connectivity index (χ2v) is 3.23. The van der Waals surface area contributed by atoms with Crippen LogP contribution in [0.25, 0.3) is 0 Å². The fourth-order valence-corrected chi connectivity index (χ4v) is 1.37. The average molecular weight is 196 g/mol. The molecule has 0 heterocycles. The van der Waals surface area contributed by atoms with Gasteiger partial charge in [0.25, 0.3) is 0 Å². The van der Waals surface area contributed by atoms with Crippen LogP contribution in [0.4, 0.5) is 5.69 Å². The summed E-state index contributed by atoms with van der Waals surface area (Å²) >= 11 is 0. The molecule has 0 unspecified atom stereocenters. The third-order valence-electron chi connectivity index (χ3n) is 2.10. The van der Waals surface area contributed by atoms with E-state index in [1.165, 1.54) is 0 Å². The number of rotatable bonds is 2. The van der Waals surface area contributed by atoms with Crippen molar-refractivity contribution in [1.29, 1.82) is 0 Å². The lowest BCUT2D eigenvalue weighted by Gasteiger charge is -2.01. The summed E-state index contributed by atoms with van der Waals surface area (Å²) in [6.45, 7) is 0. The fraction of sp³-hybridized carbons (Fsp3) is 0. The van der Waals surface area contributed by atoms with E-state index in [1.807, 2.05) is 12.1 Å². The minimum absolute atomic E-state index is 0.0529. The molecule has 1 radical (unpaired) electrons.